The Morgan fingerprint density at radius 2 is 2.00 bits per heavy atom. The molecule has 22 heavy (non-hydrogen) atoms. The Morgan fingerprint density at radius 1 is 1.23 bits per heavy atom. The zero-order valence-corrected chi connectivity index (χ0v) is 12.3. The molecule has 0 radical (unpaired) electrons. The van der Waals surface area contributed by atoms with Gasteiger partial charge in [-0.3, -0.25) is 4.40 Å². The van der Waals surface area contributed by atoms with E-state index < -0.39 is 12.0 Å². The maximum atomic E-state index is 13.1. The number of hydrogen-bond donors (Lipinski definition) is 0. The number of ether oxygens (including phenoxy) is 1. The second-order valence-corrected chi connectivity index (χ2v) is 5.51. The van der Waals surface area contributed by atoms with E-state index in [-0.39, 0.29) is 5.65 Å². The molecule has 0 N–H and O–H groups in total. The molecule has 0 saturated carbocycles. The van der Waals surface area contributed by atoms with Crippen molar-refractivity contribution in [1.29, 1.82) is 0 Å². The summed E-state index contributed by atoms with van der Waals surface area (Å²) in [6.07, 6.45) is -4.59. The Morgan fingerprint density at radius 3 is 2.73 bits per heavy atom. The third-order valence-electron chi connectivity index (χ3n) is 2.98. The monoisotopic (exact) mass is 328 g/mol. The van der Waals surface area contributed by atoms with Gasteiger partial charge in [0.05, 0.1) is 17.6 Å². The van der Waals surface area contributed by atoms with Crippen LogP contribution in [0.5, 0.6) is 0 Å². The van der Waals surface area contributed by atoms with E-state index in [1.807, 2.05) is 0 Å². The molecule has 0 aliphatic rings. The van der Waals surface area contributed by atoms with Crippen LogP contribution in [0.3, 0.4) is 0 Å². The lowest BCUT2D eigenvalue weighted by atomic mass is 10.3. The van der Waals surface area contributed by atoms with E-state index in [9.17, 15) is 13.2 Å². The van der Waals surface area contributed by atoms with Crippen LogP contribution in [0, 0.1) is 0 Å². The molecule has 9 heteroatoms. The molecule has 0 aliphatic heterocycles. The average Bonchev–Trinajstić information content (AvgIpc) is 2.93. The number of alkyl halides is 3. The number of rotatable bonds is 4. The summed E-state index contributed by atoms with van der Waals surface area (Å²) < 4.78 is 45.4. The summed E-state index contributed by atoms with van der Waals surface area (Å²) in [6.45, 7) is 0.464. The fraction of sp³-hybridized carbons (Fsp3) is 0.308. The molecule has 1 aromatic carbocycles. The van der Waals surface area contributed by atoms with Crippen LogP contribution in [0.15, 0.2) is 29.3 Å². The smallest absolute Gasteiger partial charge is 0.384 e. The Labute approximate surface area is 127 Å². The number of benzene rings is 1. The molecule has 2 heterocycles. The van der Waals surface area contributed by atoms with Gasteiger partial charge in [-0.2, -0.15) is 13.2 Å². The minimum atomic E-state index is -4.59. The van der Waals surface area contributed by atoms with Crippen molar-refractivity contribution < 1.29 is 17.9 Å². The standard InChI is InChI=1S/C13H11F3N4OS/c1-21-6-7-22-11-10-18-19-12(13(14,15)16)20(10)9-5-3-2-4-8(9)17-11/h2-5H,6-7H2,1H3. The molecule has 116 valence electrons. The molecule has 0 atom stereocenters. The molecule has 0 spiro atoms. The van der Waals surface area contributed by atoms with Crippen molar-refractivity contribution in [2.45, 2.75) is 11.2 Å². The predicted octanol–water partition coefficient (Wildman–Crippen LogP) is 3.03. The van der Waals surface area contributed by atoms with Crippen molar-refractivity contribution in [3.05, 3.63) is 30.1 Å². The predicted molar refractivity (Wildman–Crippen MR) is 75.9 cm³/mol. The second kappa shape index (κ2) is 5.73. The summed E-state index contributed by atoms with van der Waals surface area (Å²) in [7, 11) is 1.56. The van der Waals surface area contributed by atoms with Crippen molar-refractivity contribution >= 4 is 28.4 Å². The molecule has 0 fully saturated rings. The van der Waals surface area contributed by atoms with Gasteiger partial charge in [0, 0.05) is 12.9 Å². The van der Waals surface area contributed by atoms with Gasteiger partial charge in [-0.25, -0.2) is 4.98 Å². The molecule has 2 aromatic heterocycles. The number of aromatic nitrogens is 4. The minimum Gasteiger partial charge on any atom is -0.384 e. The van der Waals surface area contributed by atoms with Crippen molar-refractivity contribution in [3.8, 4) is 0 Å². The highest BCUT2D eigenvalue weighted by Gasteiger charge is 2.38. The number of fused-ring (bicyclic) bond motifs is 3. The van der Waals surface area contributed by atoms with Gasteiger partial charge in [0.15, 0.2) is 5.65 Å². The van der Waals surface area contributed by atoms with Gasteiger partial charge in [0.2, 0.25) is 5.82 Å². The molecule has 0 unspecified atom stereocenters. The van der Waals surface area contributed by atoms with Crippen LogP contribution in [0.25, 0.3) is 16.7 Å². The number of para-hydroxylation sites is 2. The highest BCUT2D eigenvalue weighted by Crippen LogP contribution is 2.32. The quantitative estimate of drug-likeness (QED) is 0.544. The Balaban J connectivity index is 2.26. The van der Waals surface area contributed by atoms with Crippen molar-refractivity contribution in [3.63, 3.8) is 0 Å². The Kier molecular flexibility index (Phi) is 3.92. The molecular formula is C13H11F3N4OS. The van der Waals surface area contributed by atoms with E-state index in [1.165, 1.54) is 11.8 Å². The highest BCUT2D eigenvalue weighted by atomic mass is 32.2. The first-order chi connectivity index (χ1) is 10.5. The van der Waals surface area contributed by atoms with Crippen LogP contribution in [0.4, 0.5) is 13.2 Å². The van der Waals surface area contributed by atoms with Crippen molar-refractivity contribution in [1.82, 2.24) is 19.6 Å². The minimum absolute atomic E-state index is 0.104. The van der Waals surface area contributed by atoms with Gasteiger partial charge in [-0.05, 0) is 12.1 Å². The molecule has 3 rings (SSSR count). The number of nitrogens with zero attached hydrogens (tertiary/aromatic N) is 4. The summed E-state index contributed by atoms with van der Waals surface area (Å²) in [5.74, 6) is -0.485. The van der Waals surface area contributed by atoms with Crippen LogP contribution in [-0.2, 0) is 10.9 Å². The first kappa shape index (κ1) is 15.0. The number of thioether (sulfide) groups is 1. The highest BCUT2D eigenvalue weighted by molar-refractivity contribution is 7.99. The van der Waals surface area contributed by atoms with Crippen LogP contribution in [0.1, 0.15) is 5.82 Å². The summed E-state index contributed by atoms with van der Waals surface area (Å²) in [4.78, 5) is 4.39. The Hall–Kier alpha value is -1.87. The third kappa shape index (κ3) is 2.61. The van der Waals surface area contributed by atoms with Crippen molar-refractivity contribution in [2.24, 2.45) is 0 Å². The topological polar surface area (TPSA) is 52.3 Å². The summed E-state index contributed by atoms with van der Waals surface area (Å²) in [5.41, 5.74) is 0.887. The van der Waals surface area contributed by atoms with Crippen molar-refractivity contribution in [2.75, 3.05) is 19.5 Å². The fourth-order valence-electron chi connectivity index (χ4n) is 2.06. The Bertz CT molecular complexity index is 818. The third-order valence-corrected chi connectivity index (χ3v) is 3.90. The average molecular weight is 328 g/mol. The fourth-order valence-corrected chi connectivity index (χ4v) is 2.93. The lowest BCUT2D eigenvalue weighted by Crippen LogP contribution is -2.11. The van der Waals surface area contributed by atoms with Crippen LogP contribution < -0.4 is 0 Å². The largest absolute Gasteiger partial charge is 0.452 e. The lowest BCUT2D eigenvalue weighted by molar-refractivity contribution is -0.145. The number of hydrogen-bond acceptors (Lipinski definition) is 5. The van der Waals surface area contributed by atoms with E-state index in [4.69, 9.17) is 4.74 Å². The van der Waals surface area contributed by atoms with Gasteiger partial charge >= 0.3 is 6.18 Å². The van der Waals surface area contributed by atoms with Gasteiger partial charge in [-0.15, -0.1) is 22.0 Å². The maximum absolute atomic E-state index is 13.1. The van der Waals surface area contributed by atoms with E-state index >= 15 is 0 Å². The van der Waals surface area contributed by atoms with E-state index in [0.717, 1.165) is 4.40 Å². The molecule has 0 aliphatic carbocycles. The SMILES string of the molecule is COCCSc1nc2ccccc2n2c(C(F)(F)F)nnc12. The number of methoxy groups -OCH3 is 1. The lowest BCUT2D eigenvalue weighted by Gasteiger charge is -2.09. The summed E-state index contributed by atoms with van der Waals surface area (Å²) >= 11 is 1.29. The second-order valence-electron chi connectivity index (χ2n) is 4.43. The number of halogens is 3. The normalized spacial score (nSPS) is 12.4. The van der Waals surface area contributed by atoms with Gasteiger partial charge in [0.25, 0.3) is 0 Å². The molecule has 0 amide bonds. The van der Waals surface area contributed by atoms with E-state index in [1.54, 1.807) is 31.4 Å². The first-order valence-electron chi connectivity index (χ1n) is 6.35. The van der Waals surface area contributed by atoms with Crippen LogP contribution in [0.2, 0.25) is 0 Å². The maximum Gasteiger partial charge on any atom is 0.452 e. The van der Waals surface area contributed by atoms with Gasteiger partial charge < -0.3 is 4.74 Å². The first-order valence-corrected chi connectivity index (χ1v) is 7.33. The molecule has 0 saturated heterocycles. The molecule has 3 aromatic rings. The summed E-state index contributed by atoms with van der Waals surface area (Å²) in [6, 6.07) is 6.61. The van der Waals surface area contributed by atoms with Crippen LogP contribution >= 0.6 is 11.8 Å². The van der Waals surface area contributed by atoms with E-state index in [2.05, 4.69) is 15.2 Å². The van der Waals surface area contributed by atoms with Gasteiger partial charge in [0.1, 0.15) is 5.03 Å². The van der Waals surface area contributed by atoms with Crippen LogP contribution in [-0.4, -0.2) is 39.1 Å². The molecule has 5 nitrogen and oxygen atoms in total. The zero-order valence-electron chi connectivity index (χ0n) is 11.5. The zero-order chi connectivity index (χ0) is 15.7. The molecular weight excluding hydrogens is 317 g/mol. The van der Waals surface area contributed by atoms with E-state index in [0.29, 0.717) is 28.4 Å². The summed E-state index contributed by atoms with van der Waals surface area (Å²) in [5, 5.41) is 7.39. The van der Waals surface area contributed by atoms with Gasteiger partial charge in [-0.1, -0.05) is 12.1 Å². The molecule has 0 bridgehead atoms.